The maximum atomic E-state index is 13.2. The van der Waals surface area contributed by atoms with Crippen LogP contribution in [0.1, 0.15) is 37.6 Å². The van der Waals surface area contributed by atoms with Gasteiger partial charge < -0.3 is 20.1 Å². The third-order valence-electron chi connectivity index (χ3n) is 6.00. The average Bonchev–Trinajstić information content (AvgIpc) is 2.82. The number of β-amino-alcohol motifs (C(OH)–C–C–N with tert-alkyl or cyclic N) is 1. The summed E-state index contributed by atoms with van der Waals surface area (Å²) in [5.41, 5.74) is -0.102. The molecule has 38 heavy (non-hydrogen) atoms. The maximum absolute atomic E-state index is 13.2. The van der Waals surface area contributed by atoms with E-state index in [4.69, 9.17) is 4.74 Å². The van der Waals surface area contributed by atoms with Gasteiger partial charge in [0.15, 0.2) is 9.84 Å². The summed E-state index contributed by atoms with van der Waals surface area (Å²) in [7, 11) is -6.20. The lowest BCUT2D eigenvalue weighted by atomic mass is 10.1. The molecule has 0 aliphatic carbocycles. The van der Waals surface area contributed by atoms with Crippen molar-refractivity contribution in [2.45, 2.75) is 49.0 Å². The largest absolute Gasteiger partial charge is 0.444 e. The van der Waals surface area contributed by atoms with Gasteiger partial charge in [0.05, 0.1) is 40.3 Å². The Morgan fingerprint density at radius 1 is 1.05 bits per heavy atom. The number of likely N-dealkylation sites (tertiary alicyclic amines) is 1. The highest BCUT2D eigenvalue weighted by Gasteiger charge is 2.40. The van der Waals surface area contributed by atoms with Gasteiger partial charge >= 0.3 is 6.09 Å². The number of carbonyl (C=O) groups excluding carboxylic acids is 2. The molecule has 0 bridgehead atoms. The highest BCUT2D eigenvalue weighted by molar-refractivity contribution is 7.92. The molecule has 2 atom stereocenters. The van der Waals surface area contributed by atoms with E-state index in [1.54, 1.807) is 32.9 Å². The van der Waals surface area contributed by atoms with Gasteiger partial charge in [-0.15, -0.1) is 0 Å². The lowest BCUT2D eigenvalue weighted by Gasteiger charge is -2.36. The Morgan fingerprint density at radius 2 is 1.66 bits per heavy atom. The highest BCUT2D eigenvalue weighted by Crippen LogP contribution is 2.28. The van der Waals surface area contributed by atoms with Gasteiger partial charge in [0.1, 0.15) is 5.60 Å². The summed E-state index contributed by atoms with van der Waals surface area (Å²) in [6.45, 7) is 5.10. The van der Waals surface area contributed by atoms with Crippen LogP contribution in [0.15, 0.2) is 53.4 Å². The quantitative estimate of drug-likeness (QED) is 0.541. The van der Waals surface area contributed by atoms with E-state index in [0.29, 0.717) is 5.69 Å². The molecule has 0 saturated carbocycles. The Morgan fingerprint density at radius 3 is 2.21 bits per heavy atom. The summed E-state index contributed by atoms with van der Waals surface area (Å²) in [5, 5.41) is 12.1. The number of aliphatic hydroxyl groups is 1. The van der Waals surface area contributed by atoms with Crippen LogP contribution >= 0.6 is 0 Å². The van der Waals surface area contributed by atoms with Crippen LogP contribution in [0.4, 0.5) is 16.2 Å². The number of rotatable bonds is 6. The van der Waals surface area contributed by atoms with E-state index in [0.717, 1.165) is 10.6 Å². The van der Waals surface area contributed by atoms with Crippen LogP contribution in [-0.2, 0) is 24.6 Å². The van der Waals surface area contributed by atoms with Crippen LogP contribution in [0, 0.1) is 0 Å². The van der Waals surface area contributed by atoms with Crippen molar-refractivity contribution in [3.8, 4) is 0 Å². The average molecular weight is 568 g/mol. The number of hydrogen-bond donors (Lipinski definition) is 2. The molecule has 1 fully saturated rings. The Hall–Kier alpha value is -3.16. The molecule has 0 radical (unpaired) electrons. The first-order chi connectivity index (χ1) is 17.5. The molecule has 1 heterocycles. The van der Waals surface area contributed by atoms with Crippen LogP contribution < -0.4 is 9.62 Å². The summed E-state index contributed by atoms with van der Waals surface area (Å²) in [6, 6.07) is 11.7. The normalized spacial score (nSPS) is 18.5. The smallest absolute Gasteiger partial charge is 0.410 e. The molecule has 3 rings (SSSR count). The minimum absolute atomic E-state index is 0.0336. The van der Waals surface area contributed by atoms with Crippen molar-refractivity contribution in [3.05, 3.63) is 54.1 Å². The summed E-state index contributed by atoms with van der Waals surface area (Å²) >= 11 is 0. The number of benzene rings is 2. The Bertz CT molecular complexity index is 1400. The summed E-state index contributed by atoms with van der Waals surface area (Å²) in [6.07, 6.45) is -0.855. The number of anilines is 2. The number of amides is 2. The Labute approximate surface area is 223 Å². The number of ether oxygens (including phenoxy) is 1. The van der Waals surface area contributed by atoms with Crippen LogP contribution in [0.2, 0.25) is 0 Å². The second-order valence-corrected chi connectivity index (χ2v) is 14.3. The predicted molar refractivity (Wildman–Crippen MR) is 143 cm³/mol. The van der Waals surface area contributed by atoms with Crippen molar-refractivity contribution in [2.24, 2.45) is 0 Å². The minimum Gasteiger partial charge on any atom is -0.444 e. The summed E-state index contributed by atoms with van der Waals surface area (Å²) < 4.78 is 56.7. The van der Waals surface area contributed by atoms with E-state index in [2.05, 4.69) is 5.32 Å². The lowest BCUT2D eigenvalue weighted by molar-refractivity contribution is 0.00472. The van der Waals surface area contributed by atoms with Gasteiger partial charge in [0.25, 0.3) is 5.91 Å². The Kier molecular flexibility index (Phi) is 8.44. The summed E-state index contributed by atoms with van der Waals surface area (Å²) in [4.78, 5) is 26.4. The standard InChI is InChI=1S/C25H33N3O8S2/c1-25(2,3)36-24(31)28-15-14-22(21(29)16-28)38(34,35)18-12-10-17(11-13-18)26-23(30)19-8-6-7-9-20(19)27(4)37(5,32)33/h6-13,21-22,29H,14-16H2,1-5H3,(H,26,30)/t21-,22-/m1/s1. The number of sulfone groups is 1. The number of sulfonamides is 1. The minimum atomic E-state index is -3.94. The van der Waals surface area contributed by atoms with E-state index in [9.17, 15) is 31.5 Å². The van der Waals surface area contributed by atoms with Gasteiger partial charge in [-0.05, 0) is 63.6 Å². The number of aliphatic hydroxyl groups excluding tert-OH is 1. The molecule has 0 spiro atoms. The first-order valence-electron chi connectivity index (χ1n) is 11.8. The Balaban J connectivity index is 1.72. The van der Waals surface area contributed by atoms with Crippen molar-refractivity contribution >= 4 is 43.2 Å². The van der Waals surface area contributed by atoms with Gasteiger partial charge in [-0.25, -0.2) is 21.6 Å². The highest BCUT2D eigenvalue weighted by atomic mass is 32.2. The number of nitrogens with one attached hydrogen (secondary N) is 1. The zero-order valence-corrected chi connectivity index (χ0v) is 23.5. The van der Waals surface area contributed by atoms with E-state index in [1.165, 1.54) is 48.3 Å². The van der Waals surface area contributed by atoms with Crippen LogP contribution in [-0.4, -0.2) is 82.2 Å². The molecule has 13 heteroatoms. The SMILES string of the molecule is CN(c1ccccc1C(=O)Nc1ccc(S(=O)(=O)[C@@H]2CCN(C(=O)OC(C)(C)C)C[C@H]2O)cc1)S(C)(=O)=O. The third-order valence-corrected chi connectivity index (χ3v) is 9.46. The topological polar surface area (TPSA) is 150 Å². The molecule has 0 aromatic heterocycles. The fourth-order valence-corrected chi connectivity index (χ4v) is 6.28. The molecule has 2 aromatic carbocycles. The molecule has 1 aliphatic rings. The number of nitrogens with zero attached hydrogens (tertiary/aromatic N) is 2. The second kappa shape index (κ2) is 10.9. The molecule has 11 nitrogen and oxygen atoms in total. The number of carbonyl (C=O) groups is 2. The molecule has 2 amide bonds. The molecule has 2 aromatic rings. The van der Waals surface area contributed by atoms with Crippen molar-refractivity contribution in [1.29, 1.82) is 0 Å². The van der Waals surface area contributed by atoms with Gasteiger partial charge in [0, 0.05) is 19.3 Å². The van der Waals surface area contributed by atoms with E-state index in [-0.39, 0.29) is 35.7 Å². The van der Waals surface area contributed by atoms with Crippen LogP contribution in [0.5, 0.6) is 0 Å². The zero-order chi connectivity index (χ0) is 28.5. The predicted octanol–water partition coefficient (Wildman–Crippen LogP) is 2.48. The van der Waals surface area contributed by atoms with Crippen molar-refractivity contribution in [3.63, 3.8) is 0 Å². The molecule has 0 unspecified atom stereocenters. The van der Waals surface area contributed by atoms with E-state index < -0.39 is 48.8 Å². The van der Waals surface area contributed by atoms with Crippen molar-refractivity contribution in [2.75, 3.05) is 36.0 Å². The number of para-hydroxylation sites is 1. The maximum Gasteiger partial charge on any atom is 0.410 e. The molecule has 1 aliphatic heterocycles. The fourth-order valence-electron chi connectivity index (χ4n) is 3.98. The van der Waals surface area contributed by atoms with Crippen molar-refractivity contribution < 1.29 is 36.3 Å². The van der Waals surface area contributed by atoms with Gasteiger partial charge in [0.2, 0.25) is 10.0 Å². The van der Waals surface area contributed by atoms with Gasteiger partial charge in [-0.2, -0.15) is 0 Å². The van der Waals surface area contributed by atoms with E-state index >= 15 is 0 Å². The zero-order valence-electron chi connectivity index (χ0n) is 21.9. The fraction of sp³-hybridized carbons (Fsp3) is 0.440. The molecule has 2 N–H and O–H groups in total. The first kappa shape index (κ1) is 29.4. The molecular weight excluding hydrogens is 534 g/mol. The van der Waals surface area contributed by atoms with Crippen LogP contribution in [0.3, 0.4) is 0 Å². The second-order valence-electron chi connectivity index (χ2n) is 10.1. The molecular formula is C25H33N3O8S2. The third kappa shape index (κ3) is 6.83. The molecule has 1 saturated heterocycles. The monoisotopic (exact) mass is 567 g/mol. The van der Waals surface area contributed by atoms with Gasteiger partial charge in [-0.1, -0.05) is 12.1 Å². The first-order valence-corrected chi connectivity index (χ1v) is 15.2. The number of hydrogen-bond acceptors (Lipinski definition) is 8. The van der Waals surface area contributed by atoms with E-state index in [1.807, 2.05) is 0 Å². The van der Waals surface area contributed by atoms with Crippen LogP contribution in [0.25, 0.3) is 0 Å². The van der Waals surface area contributed by atoms with Gasteiger partial charge in [-0.3, -0.25) is 9.10 Å². The molecule has 208 valence electrons. The summed E-state index contributed by atoms with van der Waals surface area (Å²) in [5.74, 6) is -0.573. The number of piperidine rings is 1. The lowest BCUT2D eigenvalue weighted by Crippen LogP contribution is -2.52. The van der Waals surface area contributed by atoms with Crippen molar-refractivity contribution in [1.82, 2.24) is 4.90 Å².